The van der Waals surface area contributed by atoms with Gasteiger partial charge in [-0.1, -0.05) is 17.7 Å². The summed E-state index contributed by atoms with van der Waals surface area (Å²) in [4.78, 5) is 10.9. The van der Waals surface area contributed by atoms with Crippen LogP contribution in [0.25, 0.3) is 11.1 Å². The second kappa shape index (κ2) is 6.83. The van der Waals surface area contributed by atoms with Crippen molar-refractivity contribution in [2.75, 3.05) is 13.7 Å². The predicted molar refractivity (Wildman–Crippen MR) is 112 cm³/mol. The molecule has 0 saturated carbocycles. The van der Waals surface area contributed by atoms with Gasteiger partial charge in [-0.2, -0.15) is 0 Å². The molecule has 2 aromatic carbocycles. The highest BCUT2D eigenvalue weighted by atomic mass is 35.5. The van der Waals surface area contributed by atoms with Gasteiger partial charge in [-0.05, 0) is 61.2 Å². The van der Waals surface area contributed by atoms with Crippen molar-refractivity contribution in [2.24, 2.45) is 10.7 Å². The molecule has 2 aromatic rings. The third-order valence-corrected chi connectivity index (χ3v) is 6.25. The highest BCUT2D eigenvalue weighted by molar-refractivity contribution is 6.30. The Hall–Kier alpha value is -2.35. The van der Waals surface area contributed by atoms with Crippen LogP contribution in [0.15, 0.2) is 41.4 Å². The van der Waals surface area contributed by atoms with Gasteiger partial charge in [0.25, 0.3) is 0 Å². The van der Waals surface area contributed by atoms with E-state index in [0.717, 1.165) is 24.0 Å². The van der Waals surface area contributed by atoms with E-state index in [2.05, 4.69) is 6.92 Å². The number of fused-ring (bicyclic) bond motifs is 2. The number of hydroxylamine groups is 2. The second-order valence-corrected chi connectivity index (χ2v) is 8.77. The van der Waals surface area contributed by atoms with Crippen LogP contribution in [0.2, 0.25) is 5.02 Å². The van der Waals surface area contributed by atoms with Crippen molar-refractivity contribution in [1.29, 1.82) is 0 Å². The van der Waals surface area contributed by atoms with Crippen LogP contribution in [0.4, 0.5) is 4.39 Å². The minimum atomic E-state index is -1.02. The van der Waals surface area contributed by atoms with E-state index in [0.29, 0.717) is 35.3 Å². The van der Waals surface area contributed by atoms with Gasteiger partial charge in [-0.25, -0.2) is 19.3 Å². The van der Waals surface area contributed by atoms with E-state index in [4.69, 9.17) is 36.6 Å². The number of aliphatic imine (C=N–C) groups is 1. The minimum Gasteiger partial charge on any atom is -0.484 e. The number of nitrogens with two attached hydrogens (primary N) is 1. The largest absolute Gasteiger partial charge is 0.484 e. The third kappa shape index (κ3) is 3.21. The van der Waals surface area contributed by atoms with E-state index < -0.39 is 17.1 Å². The van der Waals surface area contributed by atoms with Crippen LogP contribution in [-0.2, 0) is 15.3 Å². The van der Waals surface area contributed by atoms with E-state index >= 15 is 0 Å². The molecule has 0 amide bonds. The van der Waals surface area contributed by atoms with Crippen molar-refractivity contribution < 1.29 is 18.7 Å². The lowest BCUT2D eigenvalue weighted by molar-refractivity contribution is -0.220. The number of benzene rings is 2. The third-order valence-electron chi connectivity index (χ3n) is 6.03. The fourth-order valence-corrected chi connectivity index (χ4v) is 4.71. The summed E-state index contributed by atoms with van der Waals surface area (Å²) in [5.74, 6) is 0.563. The standard InChI is InChI=1S/C22H23ClFN3O3/c1-13-5-6-21(12-28-13)11-22(26-20(25)27(2)30-22)18-9-14(3-4-19(18)29-21)15-7-16(23)10-17(24)8-15/h3-4,7-10,13H,5-6,11-12H2,1-2H3,(H2,25,26)/t13?,21-,22+/m0/s1. The van der Waals surface area contributed by atoms with Crippen molar-refractivity contribution in [3.8, 4) is 16.9 Å². The lowest BCUT2D eigenvalue weighted by Crippen LogP contribution is -2.54. The van der Waals surface area contributed by atoms with E-state index in [1.807, 2.05) is 18.2 Å². The molecular weight excluding hydrogens is 409 g/mol. The summed E-state index contributed by atoms with van der Waals surface area (Å²) in [5, 5.41) is 1.81. The minimum absolute atomic E-state index is 0.192. The molecule has 3 aliphatic rings. The van der Waals surface area contributed by atoms with Gasteiger partial charge in [-0.15, -0.1) is 0 Å². The zero-order valence-corrected chi connectivity index (χ0v) is 17.6. The van der Waals surface area contributed by atoms with Gasteiger partial charge in [0.15, 0.2) is 0 Å². The molecule has 1 unspecified atom stereocenters. The Morgan fingerprint density at radius 1 is 1.23 bits per heavy atom. The van der Waals surface area contributed by atoms with Crippen LogP contribution in [0.5, 0.6) is 5.75 Å². The molecule has 0 radical (unpaired) electrons. The van der Waals surface area contributed by atoms with Crippen LogP contribution >= 0.6 is 11.6 Å². The van der Waals surface area contributed by atoms with Gasteiger partial charge in [0.05, 0.1) is 18.3 Å². The normalized spacial score (nSPS) is 30.3. The maximum atomic E-state index is 13.9. The fourth-order valence-electron chi connectivity index (χ4n) is 4.49. The molecule has 3 atom stereocenters. The zero-order valence-electron chi connectivity index (χ0n) is 16.8. The van der Waals surface area contributed by atoms with Gasteiger partial charge in [0.1, 0.15) is 17.2 Å². The molecular formula is C22H23ClFN3O3. The summed E-state index contributed by atoms with van der Waals surface area (Å²) in [6.07, 6.45) is 2.38. The number of hydrogen-bond donors (Lipinski definition) is 1. The number of guanidine groups is 1. The lowest BCUT2D eigenvalue weighted by Gasteiger charge is -2.47. The number of rotatable bonds is 1. The predicted octanol–water partition coefficient (Wildman–Crippen LogP) is 4.21. The average molecular weight is 432 g/mol. The molecule has 3 heterocycles. The number of nitrogens with zero attached hydrogens (tertiary/aromatic N) is 2. The molecule has 2 N–H and O–H groups in total. The Balaban J connectivity index is 1.62. The van der Waals surface area contributed by atoms with Crippen molar-refractivity contribution in [2.45, 2.75) is 43.6 Å². The monoisotopic (exact) mass is 431 g/mol. The Morgan fingerprint density at radius 3 is 2.73 bits per heavy atom. The Bertz CT molecular complexity index is 1020. The van der Waals surface area contributed by atoms with Crippen LogP contribution in [-0.4, -0.2) is 36.4 Å². The first-order valence-electron chi connectivity index (χ1n) is 9.97. The van der Waals surface area contributed by atoms with Gasteiger partial charge in [0.2, 0.25) is 11.7 Å². The zero-order chi connectivity index (χ0) is 21.1. The van der Waals surface area contributed by atoms with Crippen LogP contribution < -0.4 is 10.5 Å². The summed E-state index contributed by atoms with van der Waals surface area (Å²) in [7, 11) is 1.73. The number of ether oxygens (including phenoxy) is 2. The fraction of sp³-hybridized carbons (Fsp3) is 0.409. The summed E-state index contributed by atoms with van der Waals surface area (Å²) in [5.41, 5.74) is 6.71. The first-order chi connectivity index (χ1) is 14.3. The highest BCUT2D eigenvalue weighted by Crippen LogP contribution is 2.52. The topological polar surface area (TPSA) is 69.3 Å². The second-order valence-electron chi connectivity index (χ2n) is 8.33. The molecule has 2 spiro atoms. The smallest absolute Gasteiger partial charge is 0.222 e. The molecule has 0 bridgehead atoms. The SMILES string of the molecule is CC1CC[C@@]2(CO1)C[C@]1(N=C(N)N(C)O1)c1cc(-c3cc(F)cc(Cl)c3)ccc1O2. The van der Waals surface area contributed by atoms with Gasteiger partial charge >= 0.3 is 0 Å². The molecule has 3 aliphatic heterocycles. The molecule has 5 rings (SSSR count). The van der Waals surface area contributed by atoms with E-state index in [9.17, 15) is 4.39 Å². The quantitative estimate of drug-likeness (QED) is 0.732. The molecule has 1 fully saturated rings. The average Bonchev–Trinajstić information content (AvgIpc) is 2.97. The highest BCUT2D eigenvalue weighted by Gasteiger charge is 2.55. The van der Waals surface area contributed by atoms with Crippen molar-refractivity contribution in [3.63, 3.8) is 0 Å². The molecule has 30 heavy (non-hydrogen) atoms. The summed E-state index contributed by atoms with van der Waals surface area (Å²) in [6.45, 7) is 2.52. The summed E-state index contributed by atoms with van der Waals surface area (Å²) < 4.78 is 26.3. The van der Waals surface area contributed by atoms with Crippen LogP contribution in [0.3, 0.4) is 0 Å². The Kier molecular flexibility index (Phi) is 4.47. The molecule has 0 aromatic heterocycles. The number of hydrogen-bond acceptors (Lipinski definition) is 6. The molecule has 8 heteroatoms. The van der Waals surface area contributed by atoms with Gasteiger partial charge < -0.3 is 15.2 Å². The van der Waals surface area contributed by atoms with Gasteiger partial charge in [0, 0.05) is 18.5 Å². The van der Waals surface area contributed by atoms with E-state index in [-0.39, 0.29) is 6.10 Å². The molecule has 6 nitrogen and oxygen atoms in total. The number of halogens is 2. The van der Waals surface area contributed by atoms with Gasteiger partial charge in [-0.3, -0.25) is 0 Å². The van der Waals surface area contributed by atoms with E-state index in [1.165, 1.54) is 17.2 Å². The van der Waals surface area contributed by atoms with E-state index in [1.54, 1.807) is 13.1 Å². The van der Waals surface area contributed by atoms with Crippen LogP contribution in [0.1, 0.15) is 31.7 Å². The maximum Gasteiger partial charge on any atom is 0.222 e. The van der Waals surface area contributed by atoms with Crippen molar-refractivity contribution in [3.05, 3.63) is 52.8 Å². The Labute approximate surface area is 179 Å². The van der Waals surface area contributed by atoms with Crippen molar-refractivity contribution >= 4 is 17.6 Å². The Morgan fingerprint density at radius 2 is 2.07 bits per heavy atom. The van der Waals surface area contributed by atoms with Crippen LogP contribution in [0, 0.1) is 5.82 Å². The lowest BCUT2D eigenvalue weighted by atomic mass is 9.80. The molecule has 0 aliphatic carbocycles. The maximum absolute atomic E-state index is 13.9. The summed E-state index contributed by atoms with van der Waals surface area (Å²) >= 11 is 6.06. The summed E-state index contributed by atoms with van der Waals surface area (Å²) in [6, 6.07) is 10.1. The first kappa shape index (κ1) is 19.6. The first-order valence-corrected chi connectivity index (χ1v) is 10.4. The molecule has 158 valence electrons. The molecule has 1 saturated heterocycles. The van der Waals surface area contributed by atoms with Crippen molar-refractivity contribution in [1.82, 2.24) is 5.06 Å².